The van der Waals surface area contributed by atoms with Crippen molar-refractivity contribution in [3.05, 3.63) is 48.0 Å². The van der Waals surface area contributed by atoms with E-state index in [-0.39, 0.29) is 0 Å². The van der Waals surface area contributed by atoms with Gasteiger partial charge in [-0.1, -0.05) is 17.7 Å². The van der Waals surface area contributed by atoms with Crippen LogP contribution in [0.25, 0.3) is 22.6 Å². The van der Waals surface area contributed by atoms with Gasteiger partial charge in [-0.05, 0) is 37.3 Å². The van der Waals surface area contributed by atoms with E-state index in [1.165, 1.54) is 5.56 Å². The van der Waals surface area contributed by atoms with Gasteiger partial charge in [0.2, 0.25) is 5.89 Å². The van der Waals surface area contributed by atoms with Crippen molar-refractivity contribution in [1.82, 2.24) is 4.98 Å². The quantitative estimate of drug-likeness (QED) is 0.737. The van der Waals surface area contributed by atoms with Crippen LogP contribution in [0.3, 0.4) is 0 Å². The molecule has 0 aliphatic carbocycles. The van der Waals surface area contributed by atoms with Crippen molar-refractivity contribution in [3.63, 3.8) is 0 Å². The Morgan fingerprint density at radius 3 is 2.78 bits per heavy atom. The third-order valence-electron chi connectivity index (χ3n) is 2.94. The Kier molecular flexibility index (Phi) is 2.52. The minimum Gasteiger partial charge on any atom is -0.436 e. The van der Waals surface area contributed by atoms with Crippen molar-refractivity contribution < 1.29 is 4.42 Å². The maximum Gasteiger partial charge on any atom is 0.227 e. The molecular weight excluding hydrogens is 224 g/mol. The average Bonchev–Trinajstić information content (AvgIpc) is 2.81. The highest BCUT2D eigenvalue weighted by atomic mass is 16.3. The predicted octanol–water partition coefficient (Wildman–Crippen LogP) is 3.84. The summed E-state index contributed by atoms with van der Waals surface area (Å²) in [5.41, 5.74) is 4.93. The molecule has 0 amide bonds. The molecule has 3 rings (SSSR count). The van der Waals surface area contributed by atoms with Gasteiger partial charge in [0.25, 0.3) is 0 Å². The van der Waals surface area contributed by atoms with Crippen LogP contribution in [0, 0.1) is 6.92 Å². The SMILES string of the molecule is CNc1ccc2oc(-c3cccc(C)c3)nc2c1. The number of fused-ring (bicyclic) bond motifs is 1. The summed E-state index contributed by atoms with van der Waals surface area (Å²) in [5, 5.41) is 3.10. The van der Waals surface area contributed by atoms with Crippen LogP contribution >= 0.6 is 0 Å². The third-order valence-corrected chi connectivity index (χ3v) is 2.94. The molecule has 0 spiro atoms. The fraction of sp³-hybridized carbons (Fsp3) is 0.133. The van der Waals surface area contributed by atoms with Gasteiger partial charge in [-0.2, -0.15) is 0 Å². The summed E-state index contributed by atoms with van der Waals surface area (Å²) >= 11 is 0. The van der Waals surface area contributed by atoms with Gasteiger partial charge in [-0.3, -0.25) is 0 Å². The van der Waals surface area contributed by atoms with Gasteiger partial charge < -0.3 is 9.73 Å². The smallest absolute Gasteiger partial charge is 0.227 e. The molecule has 0 unspecified atom stereocenters. The van der Waals surface area contributed by atoms with Gasteiger partial charge in [-0.25, -0.2) is 4.98 Å². The van der Waals surface area contributed by atoms with Crippen molar-refractivity contribution in [2.24, 2.45) is 0 Å². The molecule has 1 N–H and O–H groups in total. The van der Waals surface area contributed by atoms with E-state index in [2.05, 4.69) is 29.4 Å². The van der Waals surface area contributed by atoms with Crippen molar-refractivity contribution in [2.75, 3.05) is 12.4 Å². The van der Waals surface area contributed by atoms with E-state index in [9.17, 15) is 0 Å². The van der Waals surface area contributed by atoms with E-state index < -0.39 is 0 Å². The van der Waals surface area contributed by atoms with E-state index in [0.29, 0.717) is 5.89 Å². The van der Waals surface area contributed by atoms with E-state index in [1.54, 1.807) is 0 Å². The van der Waals surface area contributed by atoms with Crippen molar-refractivity contribution in [2.45, 2.75) is 6.92 Å². The fourth-order valence-corrected chi connectivity index (χ4v) is 1.98. The maximum atomic E-state index is 5.77. The Labute approximate surface area is 105 Å². The molecule has 2 aromatic carbocycles. The number of aromatic nitrogens is 1. The number of hydrogen-bond donors (Lipinski definition) is 1. The zero-order valence-electron chi connectivity index (χ0n) is 10.4. The van der Waals surface area contributed by atoms with Crippen LogP contribution in [-0.4, -0.2) is 12.0 Å². The molecule has 0 fully saturated rings. The van der Waals surface area contributed by atoms with Crippen molar-refractivity contribution >= 4 is 16.8 Å². The number of anilines is 1. The lowest BCUT2D eigenvalue weighted by molar-refractivity contribution is 0.620. The number of oxazole rings is 1. The van der Waals surface area contributed by atoms with Crippen LogP contribution in [0.2, 0.25) is 0 Å². The number of nitrogens with one attached hydrogen (secondary N) is 1. The Balaban J connectivity index is 2.13. The first-order chi connectivity index (χ1) is 8.76. The second-order valence-corrected chi connectivity index (χ2v) is 4.32. The summed E-state index contributed by atoms with van der Waals surface area (Å²) < 4.78 is 5.77. The van der Waals surface area contributed by atoms with E-state index in [4.69, 9.17) is 4.42 Å². The van der Waals surface area contributed by atoms with Gasteiger partial charge in [0.1, 0.15) is 5.52 Å². The monoisotopic (exact) mass is 238 g/mol. The Hall–Kier alpha value is -2.29. The summed E-state index contributed by atoms with van der Waals surface area (Å²) in [6.45, 7) is 2.06. The first-order valence-corrected chi connectivity index (χ1v) is 5.91. The van der Waals surface area contributed by atoms with Crippen LogP contribution in [0.15, 0.2) is 46.9 Å². The molecular formula is C15H14N2O. The van der Waals surface area contributed by atoms with Crippen molar-refractivity contribution in [1.29, 1.82) is 0 Å². The van der Waals surface area contributed by atoms with E-state index in [1.807, 2.05) is 37.4 Å². The molecule has 0 radical (unpaired) electrons. The normalized spacial score (nSPS) is 10.8. The highest BCUT2D eigenvalue weighted by molar-refractivity contribution is 5.80. The molecule has 3 nitrogen and oxygen atoms in total. The molecule has 1 heterocycles. The third kappa shape index (κ3) is 1.84. The Morgan fingerprint density at radius 1 is 1.11 bits per heavy atom. The van der Waals surface area contributed by atoms with Crippen molar-refractivity contribution in [3.8, 4) is 11.5 Å². The summed E-state index contributed by atoms with van der Waals surface area (Å²) in [7, 11) is 1.89. The molecule has 18 heavy (non-hydrogen) atoms. The number of hydrogen-bond acceptors (Lipinski definition) is 3. The second-order valence-electron chi connectivity index (χ2n) is 4.32. The summed E-state index contributed by atoms with van der Waals surface area (Å²) in [5.74, 6) is 0.668. The summed E-state index contributed by atoms with van der Waals surface area (Å²) in [6, 6.07) is 14.1. The molecule has 3 heteroatoms. The summed E-state index contributed by atoms with van der Waals surface area (Å²) in [6.07, 6.45) is 0. The first-order valence-electron chi connectivity index (χ1n) is 5.91. The van der Waals surface area contributed by atoms with Gasteiger partial charge in [-0.15, -0.1) is 0 Å². The highest BCUT2D eigenvalue weighted by Gasteiger charge is 2.08. The van der Waals surface area contributed by atoms with Crippen LogP contribution in [0.5, 0.6) is 0 Å². The number of aryl methyl sites for hydroxylation is 1. The number of benzene rings is 2. The predicted molar refractivity (Wildman–Crippen MR) is 73.7 cm³/mol. The topological polar surface area (TPSA) is 38.1 Å². The first kappa shape index (κ1) is 10.8. The lowest BCUT2D eigenvalue weighted by Gasteiger charge is -1.96. The lowest BCUT2D eigenvalue weighted by Crippen LogP contribution is -1.86. The fourth-order valence-electron chi connectivity index (χ4n) is 1.98. The Morgan fingerprint density at radius 2 is 2.00 bits per heavy atom. The van der Waals surface area contributed by atoms with E-state index in [0.717, 1.165) is 22.4 Å². The van der Waals surface area contributed by atoms with Crippen LogP contribution in [0.4, 0.5) is 5.69 Å². The zero-order valence-corrected chi connectivity index (χ0v) is 10.4. The van der Waals surface area contributed by atoms with E-state index >= 15 is 0 Å². The number of rotatable bonds is 2. The van der Waals surface area contributed by atoms with Crippen LogP contribution < -0.4 is 5.32 Å². The van der Waals surface area contributed by atoms with Gasteiger partial charge >= 0.3 is 0 Å². The molecule has 0 saturated heterocycles. The van der Waals surface area contributed by atoms with Crippen LogP contribution in [0.1, 0.15) is 5.56 Å². The highest BCUT2D eigenvalue weighted by Crippen LogP contribution is 2.26. The minimum atomic E-state index is 0.668. The lowest BCUT2D eigenvalue weighted by atomic mass is 10.1. The molecule has 0 bridgehead atoms. The molecule has 0 saturated carbocycles. The van der Waals surface area contributed by atoms with Gasteiger partial charge in [0, 0.05) is 18.3 Å². The minimum absolute atomic E-state index is 0.668. The maximum absolute atomic E-state index is 5.77. The van der Waals surface area contributed by atoms with Gasteiger partial charge in [0.15, 0.2) is 5.58 Å². The molecule has 0 aliphatic heterocycles. The number of nitrogens with zero attached hydrogens (tertiary/aromatic N) is 1. The zero-order chi connectivity index (χ0) is 12.5. The molecule has 1 aromatic heterocycles. The Bertz CT molecular complexity index is 701. The van der Waals surface area contributed by atoms with Crippen LogP contribution in [-0.2, 0) is 0 Å². The molecule has 0 aliphatic rings. The average molecular weight is 238 g/mol. The molecule has 3 aromatic rings. The standard InChI is InChI=1S/C15H14N2O/c1-10-4-3-5-11(8-10)15-17-13-9-12(16-2)6-7-14(13)18-15/h3-9,16H,1-2H3. The molecule has 0 atom stereocenters. The molecule has 90 valence electrons. The second kappa shape index (κ2) is 4.18. The summed E-state index contributed by atoms with van der Waals surface area (Å²) in [4.78, 5) is 4.53. The van der Waals surface area contributed by atoms with Gasteiger partial charge in [0.05, 0.1) is 0 Å². The largest absolute Gasteiger partial charge is 0.436 e.